The van der Waals surface area contributed by atoms with E-state index in [0.717, 1.165) is 10.0 Å². The summed E-state index contributed by atoms with van der Waals surface area (Å²) < 4.78 is 26.8. The van der Waals surface area contributed by atoms with Gasteiger partial charge in [0.25, 0.3) is 5.56 Å². The van der Waals surface area contributed by atoms with Crippen molar-refractivity contribution in [2.24, 2.45) is 4.99 Å². The highest BCUT2D eigenvalue weighted by atomic mass is 79.9. The summed E-state index contributed by atoms with van der Waals surface area (Å²) in [6, 6.07) is 10.5. The van der Waals surface area contributed by atoms with Crippen molar-refractivity contribution in [3.63, 3.8) is 0 Å². The number of rotatable bonds is 5. The van der Waals surface area contributed by atoms with Crippen LogP contribution in [0.2, 0.25) is 0 Å². The number of aromatic nitrogens is 1. The Hall–Kier alpha value is -3.04. The van der Waals surface area contributed by atoms with Crippen LogP contribution in [0.1, 0.15) is 31.0 Å². The van der Waals surface area contributed by atoms with Crippen molar-refractivity contribution in [3.05, 3.63) is 94.8 Å². The van der Waals surface area contributed by atoms with Gasteiger partial charge in [0.05, 0.1) is 40.0 Å². The first-order valence-electron chi connectivity index (χ1n) is 10.1. The zero-order valence-electron chi connectivity index (χ0n) is 18.1. The number of methoxy groups -OCH3 is 1. The topological polar surface area (TPSA) is 69.9 Å². The summed E-state index contributed by atoms with van der Waals surface area (Å²) in [5.74, 6) is -0.282. The van der Waals surface area contributed by atoms with Gasteiger partial charge in [0.1, 0.15) is 11.6 Å². The van der Waals surface area contributed by atoms with Crippen molar-refractivity contribution in [2.75, 3.05) is 13.7 Å². The number of nitrogens with zero attached hydrogens (tertiary/aromatic N) is 2. The van der Waals surface area contributed by atoms with Crippen LogP contribution >= 0.6 is 27.3 Å². The highest BCUT2D eigenvalue weighted by Gasteiger charge is 2.33. The van der Waals surface area contributed by atoms with E-state index in [1.165, 1.54) is 28.0 Å². The van der Waals surface area contributed by atoms with Gasteiger partial charge in [0.15, 0.2) is 4.80 Å². The van der Waals surface area contributed by atoms with Gasteiger partial charge >= 0.3 is 5.97 Å². The first-order valence-corrected chi connectivity index (χ1v) is 11.7. The van der Waals surface area contributed by atoms with Crippen molar-refractivity contribution in [1.29, 1.82) is 0 Å². The Morgan fingerprint density at radius 2 is 2.00 bits per heavy atom. The van der Waals surface area contributed by atoms with Crippen LogP contribution in [0.25, 0.3) is 6.08 Å². The molecule has 33 heavy (non-hydrogen) atoms. The number of hydrogen-bond donors (Lipinski definition) is 0. The zero-order valence-corrected chi connectivity index (χ0v) is 20.5. The highest BCUT2D eigenvalue weighted by Crippen LogP contribution is 2.31. The maximum Gasteiger partial charge on any atom is 0.338 e. The molecule has 0 amide bonds. The quantitative estimate of drug-likeness (QED) is 0.471. The minimum Gasteiger partial charge on any atom is -0.496 e. The van der Waals surface area contributed by atoms with Crippen LogP contribution in [-0.4, -0.2) is 24.3 Å². The molecule has 2 heterocycles. The van der Waals surface area contributed by atoms with E-state index >= 15 is 0 Å². The van der Waals surface area contributed by atoms with Gasteiger partial charge in [-0.2, -0.15) is 0 Å². The second-order valence-electron chi connectivity index (χ2n) is 7.25. The fourth-order valence-electron chi connectivity index (χ4n) is 3.68. The Morgan fingerprint density at radius 1 is 1.27 bits per heavy atom. The Balaban J connectivity index is 1.93. The molecule has 0 fully saturated rings. The third-order valence-electron chi connectivity index (χ3n) is 5.18. The van der Waals surface area contributed by atoms with Crippen molar-refractivity contribution in [2.45, 2.75) is 19.9 Å². The zero-order chi connectivity index (χ0) is 23.7. The number of hydrogen-bond acceptors (Lipinski definition) is 6. The number of benzene rings is 2. The summed E-state index contributed by atoms with van der Waals surface area (Å²) in [5.41, 5.74) is 1.81. The Bertz CT molecular complexity index is 1440. The Kier molecular flexibility index (Phi) is 6.62. The number of carbonyl (C=O) groups is 1. The van der Waals surface area contributed by atoms with Crippen molar-refractivity contribution < 1.29 is 18.7 Å². The molecule has 0 saturated heterocycles. The van der Waals surface area contributed by atoms with Gasteiger partial charge in [-0.15, -0.1) is 0 Å². The van der Waals surface area contributed by atoms with Gasteiger partial charge < -0.3 is 9.47 Å². The summed E-state index contributed by atoms with van der Waals surface area (Å²) in [5, 5.41) is 0. The molecule has 9 heteroatoms. The molecule has 1 aliphatic rings. The molecule has 0 spiro atoms. The third-order valence-corrected chi connectivity index (χ3v) is 6.78. The number of thiazole rings is 1. The molecular formula is C24H20BrFN2O4S. The molecule has 2 aromatic carbocycles. The van der Waals surface area contributed by atoms with Gasteiger partial charge in [-0.3, -0.25) is 9.36 Å². The largest absolute Gasteiger partial charge is 0.496 e. The lowest BCUT2D eigenvalue weighted by Crippen LogP contribution is -2.39. The lowest BCUT2D eigenvalue weighted by molar-refractivity contribution is -0.139. The van der Waals surface area contributed by atoms with Crippen molar-refractivity contribution >= 4 is 39.3 Å². The maximum absolute atomic E-state index is 13.6. The molecule has 170 valence electrons. The molecule has 0 aliphatic carbocycles. The number of halogens is 2. The summed E-state index contributed by atoms with van der Waals surface area (Å²) in [4.78, 5) is 31.3. The van der Waals surface area contributed by atoms with E-state index in [-0.39, 0.29) is 17.7 Å². The average molecular weight is 531 g/mol. The smallest absolute Gasteiger partial charge is 0.338 e. The van der Waals surface area contributed by atoms with Crippen molar-refractivity contribution in [1.82, 2.24) is 4.57 Å². The van der Waals surface area contributed by atoms with E-state index in [0.29, 0.717) is 26.3 Å². The summed E-state index contributed by atoms with van der Waals surface area (Å²) >= 11 is 4.68. The summed E-state index contributed by atoms with van der Waals surface area (Å²) in [7, 11) is 1.58. The van der Waals surface area contributed by atoms with Gasteiger partial charge in [-0.25, -0.2) is 14.2 Å². The summed E-state index contributed by atoms with van der Waals surface area (Å²) in [6.45, 7) is 3.60. The lowest BCUT2D eigenvalue weighted by Gasteiger charge is -2.24. The number of fused-ring (bicyclic) bond motifs is 1. The predicted octanol–water partition coefficient (Wildman–Crippen LogP) is 3.71. The maximum atomic E-state index is 13.6. The van der Waals surface area contributed by atoms with E-state index in [9.17, 15) is 14.0 Å². The van der Waals surface area contributed by atoms with E-state index in [1.807, 2.05) is 12.1 Å². The molecule has 1 aromatic heterocycles. The molecule has 1 unspecified atom stereocenters. The van der Waals surface area contributed by atoms with E-state index < -0.39 is 17.8 Å². The van der Waals surface area contributed by atoms with Crippen LogP contribution in [0.5, 0.6) is 5.75 Å². The van der Waals surface area contributed by atoms with E-state index in [4.69, 9.17) is 9.47 Å². The first kappa shape index (κ1) is 23.1. The van der Waals surface area contributed by atoms with Crippen LogP contribution in [-0.2, 0) is 9.53 Å². The summed E-state index contributed by atoms with van der Waals surface area (Å²) in [6.07, 6.45) is 1.76. The van der Waals surface area contributed by atoms with Crippen LogP contribution in [0.4, 0.5) is 4.39 Å². The number of esters is 1. The number of ether oxygens (including phenoxy) is 2. The van der Waals surface area contributed by atoms with E-state index in [2.05, 4.69) is 20.9 Å². The van der Waals surface area contributed by atoms with Crippen LogP contribution in [0.15, 0.2) is 68.0 Å². The first-order chi connectivity index (χ1) is 15.8. The lowest BCUT2D eigenvalue weighted by atomic mass is 9.96. The second kappa shape index (κ2) is 9.44. The molecule has 1 aliphatic heterocycles. The Labute approximate surface area is 201 Å². The number of allylic oxidation sites excluding steroid dienone is 1. The molecule has 3 aromatic rings. The van der Waals surface area contributed by atoms with Gasteiger partial charge in [0.2, 0.25) is 0 Å². The molecular weight excluding hydrogens is 511 g/mol. The minimum atomic E-state index is -0.773. The van der Waals surface area contributed by atoms with Gasteiger partial charge in [0, 0.05) is 0 Å². The molecule has 0 bridgehead atoms. The monoisotopic (exact) mass is 530 g/mol. The molecule has 6 nitrogen and oxygen atoms in total. The molecule has 0 N–H and O–H groups in total. The molecule has 4 rings (SSSR count). The number of carbonyl (C=O) groups excluding carboxylic acids is 1. The van der Waals surface area contributed by atoms with Crippen LogP contribution in [0.3, 0.4) is 0 Å². The molecule has 0 saturated carbocycles. The Morgan fingerprint density at radius 3 is 2.64 bits per heavy atom. The second-order valence-corrected chi connectivity index (χ2v) is 9.11. The average Bonchev–Trinajstić information content (AvgIpc) is 3.08. The molecule has 0 radical (unpaired) electrons. The van der Waals surface area contributed by atoms with Crippen LogP contribution < -0.4 is 19.6 Å². The highest BCUT2D eigenvalue weighted by molar-refractivity contribution is 9.10. The fourth-order valence-corrected chi connectivity index (χ4v) is 5.28. The normalized spacial score (nSPS) is 15.8. The standard InChI is InChI=1S/C24H20BrFN2O4S/c1-4-32-23(30)20-13(2)27-24-28(21(20)15-6-8-16(26)9-7-15)22(29)19(33-24)12-14-5-10-18(31-3)17(25)11-14/h5-12,21H,4H2,1-3H3/b19-12-. The SMILES string of the molecule is CCOC(=O)C1=C(C)N=c2s/c(=C\c3ccc(OC)c(Br)c3)c(=O)n2C1c1ccc(F)cc1. The van der Waals surface area contributed by atoms with Gasteiger partial charge in [-0.1, -0.05) is 29.5 Å². The third kappa shape index (κ3) is 4.43. The fraction of sp³-hybridized carbons (Fsp3) is 0.208. The van der Waals surface area contributed by atoms with Crippen molar-refractivity contribution in [3.8, 4) is 5.75 Å². The minimum absolute atomic E-state index is 0.183. The van der Waals surface area contributed by atoms with Crippen LogP contribution in [0, 0.1) is 5.82 Å². The molecule has 1 atom stereocenters. The van der Waals surface area contributed by atoms with Gasteiger partial charge in [-0.05, 0) is 71.2 Å². The van der Waals surface area contributed by atoms with E-state index in [1.54, 1.807) is 45.2 Å². The predicted molar refractivity (Wildman–Crippen MR) is 127 cm³/mol.